The molecule has 0 aliphatic carbocycles. The van der Waals surface area contributed by atoms with Crippen molar-refractivity contribution in [2.45, 2.75) is 6.10 Å². The summed E-state index contributed by atoms with van der Waals surface area (Å²) in [6.45, 7) is 3.68. The van der Waals surface area contributed by atoms with Crippen LogP contribution < -0.4 is 19.9 Å². The maximum atomic E-state index is 12.9. The van der Waals surface area contributed by atoms with Crippen LogP contribution in [-0.2, 0) is 0 Å². The molecular formula is C29H30N4O5. The van der Waals surface area contributed by atoms with Crippen molar-refractivity contribution in [1.29, 1.82) is 0 Å². The second-order valence-corrected chi connectivity index (χ2v) is 9.36. The summed E-state index contributed by atoms with van der Waals surface area (Å²) in [5.41, 5.74) is 2.26. The molecule has 1 fully saturated rings. The normalized spacial score (nSPS) is 16.4. The summed E-state index contributed by atoms with van der Waals surface area (Å²) in [5.74, 6) is -0.442. The lowest BCUT2D eigenvalue weighted by atomic mass is 10.1. The molecule has 196 valence electrons. The van der Waals surface area contributed by atoms with Crippen molar-refractivity contribution < 1.29 is 24.2 Å². The van der Waals surface area contributed by atoms with Gasteiger partial charge in [0.1, 0.15) is 5.75 Å². The second-order valence-electron chi connectivity index (χ2n) is 9.36. The first-order valence-electron chi connectivity index (χ1n) is 12.6. The van der Waals surface area contributed by atoms with Gasteiger partial charge in [-0.1, -0.05) is 30.3 Å². The topological polar surface area (TPSA) is 102 Å². The van der Waals surface area contributed by atoms with Crippen LogP contribution >= 0.6 is 0 Å². The van der Waals surface area contributed by atoms with Gasteiger partial charge in [0.15, 0.2) is 0 Å². The van der Waals surface area contributed by atoms with E-state index in [2.05, 4.69) is 15.1 Å². The van der Waals surface area contributed by atoms with Crippen molar-refractivity contribution in [3.63, 3.8) is 0 Å². The van der Waals surface area contributed by atoms with Gasteiger partial charge in [-0.05, 0) is 42.5 Å². The predicted octanol–water partition coefficient (Wildman–Crippen LogP) is 2.41. The third kappa shape index (κ3) is 5.11. The van der Waals surface area contributed by atoms with E-state index < -0.39 is 23.8 Å². The van der Waals surface area contributed by atoms with E-state index in [9.17, 15) is 19.5 Å². The first kappa shape index (κ1) is 25.4. The van der Waals surface area contributed by atoms with Gasteiger partial charge in [0, 0.05) is 44.8 Å². The van der Waals surface area contributed by atoms with E-state index in [-0.39, 0.29) is 23.2 Å². The van der Waals surface area contributed by atoms with Gasteiger partial charge in [-0.2, -0.15) is 0 Å². The molecule has 9 heteroatoms. The predicted molar refractivity (Wildman–Crippen MR) is 144 cm³/mol. The Kier molecular flexibility index (Phi) is 7.39. The number of piperazine rings is 1. The molecule has 1 saturated heterocycles. The van der Waals surface area contributed by atoms with Crippen molar-refractivity contribution in [3.8, 4) is 5.75 Å². The number of carbonyl (C=O) groups excluding carboxylic acids is 3. The van der Waals surface area contributed by atoms with Crippen LogP contribution in [0.3, 0.4) is 0 Å². The molecule has 5 rings (SSSR count). The molecule has 0 radical (unpaired) electrons. The number of hydrogen-bond acceptors (Lipinski definition) is 7. The number of carbonyl (C=O) groups is 3. The molecule has 0 bridgehead atoms. The number of nitrogens with zero attached hydrogens (tertiary/aromatic N) is 3. The number of hydrogen-bond donors (Lipinski definition) is 2. The Morgan fingerprint density at radius 3 is 2.34 bits per heavy atom. The fraction of sp³-hybridized carbons (Fsp3) is 0.276. The second kappa shape index (κ2) is 11.0. The quantitative estimate of drug-likeness (QED) is 0.445. The highest BCUT2D eigenvalue weighted by Gasteiger charge is 2.37. The molecule has 3 aromatic rings. The largest absolute Gasteiger partial charge is 0.495 e. The number of benzene rings is 3. The molecule has 0 saturated carbocycles. The molecule has 3 amide bonds. The Morgan fingerprint density at radius 1 is 0.921 bits per heavy atom. The highest BCUT2D eigenvalue weighted by atomic mass is 16.5. The van der Waals surface area contributed by atoms with Gasteiger partial charge in [0.05, 0.1) is 35.7 Å². The van der Waals surface area contributed by atoms with E-state index >= 15 is 0 Å². The molecule has 9 nitrogen and oxygen atoms in total. The van der Waals surface area contributed by atoms with Crippen LogP contribution in [0.5, 0.6) is 5.75 Å². The maximum Gasteiger partial charge on any atom is 0.266 e. The number of fused-ring (bicyclic) bond motifs is 1. The first-order valence-corrected chi connectivity index (χ1v) is 12.6. The SMILES string of the molecule is COc1ccccc1N1CCN(CC(O)CNC(=O)c2ccc3c(c2)C(=O)N(c2ccccc2)C3=O)CC1. The number of rotatable bonds is 8. The maximum absolute atomic E-state index is 12.9. The van der Waals surface area contributed by atoms with E-state index in [4.69, 9.17) is 4.74 Å². The molecule has 0 spiro atoms. The van der Waals surface area contributed by atoms with E-state index in [1.807, 2.05) is 24.3 Å². The summed E-state index contributed by atoms with van der Waals surface area (Å²) < 4.78 is 5.47. The Bertz CT molecular complexity index is 1340. The number of aliphatic hydroxyl groups excluding tert-OH is 1. The molecule has 2 aliphatic heterocycles. The molecule has 2 heterocycles. The smallest absolute Gasteiger partial charge is 0.266 e. The minimum absolute atomic E-state index is 0.0751. The van der Waals surface area contributed by atoms with Crippen LogP contribution in [0.25, 0.3) is 0 Å². The number of ether oxygens (including phenoxy) is 1. The summed E-state index contributed by atoms with van der Waals surface area (Å²) in [5, 5.41) is 13.3. The summed E-state index contributed by atoms with van der Waals surface area (Å²) >= 11 is 0. The molecule has 0 aromatic heterocycles. The number of β-amino-alcohol motifs (C(OH)–C–C–N with tert-alkyl or cyclic N) is 1. The van der Waals surface area contributed by atoms with E-state index in [1.54, 1.807) is 37.4 Å². The van der Waals surface area contributed by atoms with Crippen molar-refractivity contribution in [3.05, 3.63) is 89.5 Å². The van der Waals surface area contributed by atoms with E-state index in [1.165, 1.54) is 18.2 Å². The van der Waals surface area contributed by atoms with Crippen molar-refractivity contribution in [2.24, 2.45) is 0 Å². The van der Waals surface area contributed by atoms with E-state index in [0.29, 0.717) is 12.2 Å². The zero-order valence-corrected chi connectivity index (χ0v) is 21.2. The molecule has 38 heavy (non-hydrogen) atoms. The van der Waals surface area contributed by atoms with Crippen LogP contribution in [0.15, 0.2) is 72.8 Å². The summed E-state index contributed by atoms with van der Waals surface area (Å²) in [6.07, 6.45) is -0.747. The molecular weight excluding hydrogens is 484 g/mol. The van der Waals surface area contributed by atoms with Crippen molar-refractivity contribution >= 4 is 29.1 Å². The average Bonchev–Trinajstić information content (AvgIpc) is 3.21. The van der Waals surface area contributed by atoms with Crippen LogP contribution in [-0.4, -0.2) is 80.2 Å². The van der Waals surface area contributed by atoms with Gasteiger partial charge in [-0.25, -0.2) is 4.90 Å². The number of methoxy groups -OCH3 is 1. The van der Waals surface area contributed by atoms with Gasteiger partial charge in [-0.3, -0.25) is 19.3 Å². The van der Waals surface area contributed by atoms with Gasteiger partial charge in [0.25, 0.3) is 17.7 Å². The average molecular weight is 515 g/mol. The number of imide groups is 1. The third-order valence-electron chi connectivity index (χ3n) is 6.93. The molecule has 3 aromatic carbocycles. The van der Waals surface area contributed by atoms with Crippen LogP contribution in [0.2, 0.25) is 0 Å². The third-order valence-corrected chi connectivity index (χ3v) is 6.93. The first-order chi connectivity index (χ1) is 18.5. The Balaban J connectivity index is 1.13. The van der Waals surface area contributed by atoms with Gasteiger partial charge in [-0.15, -0.1) is 0 Å². The van der Waals surface area contributed by atoms with Crippen LogP contribution in [0, 0.1) is 0 Å². The van der Waals surface area contributed by atoms with Gasteiger partial charge < -0.3 is 20.1 Å². The zero-order chi connectivity index (χ0) is 26.6. The Labute approximate surface area is 221 Å². The number of para-hydroxylation sites is 3. The van der Waals surface area contributed by atoms with Gasteiger partial charge in [0.2, 0.25) is 0 Å². The Morgan fingerprint density at radius 2 is 1.61 bits per heavy atom. The lowest BCUT2D eigenvalue weighted by molar-refractivity contribution is 0.0851. The highest BCUT2D eigenvalue weighted by Crippen LogP contribution is 2.29. The number of anilines is 2. The standard InChI is InChI=1S/C29H30N4O5/c1-38-26-10-6-5-9-25(26)32-15-13-31(14-16-32)19-22(34)18-30-27(35)20-11-12-23-24(17-20)29(37)33(28(23)36)21-7-3-2-4-8-21/h2-12,17,22,34H,13-16,18-19H2,1H3,(H,30,35). The number of amides is 3. The van der Waals surface area contributed by atoms with Crippen molar-refractivity contribution in [1.82, 2.24) is 10.2 Å². The molecule has 1 atom stereocenters. The molecule has 2 aliphatic rings. The van der Waals surface area contributed by atoms with Crippen molar-refractivity contribution in [2.75, 3.05) is 56.2 Å². The minimum atomic E-state index is -0.747. The highest BCUT2D eigenvalue weighted by molar-refractivity contribution is 6.34. The summed E-state index contributed by atoms with van der Waals surface area (Å²) in [6, 6.07) is 21.1. The van der Waals surface area contributed by atoms with Crippen LogP contribution in [0.4, 0.5) is 11.4 Å². The summed E-state index contributed by atoms with van der Waals surface area (Å²) in [4.78, 5) is 44.0. The minimum Gasteiger partial charge on any atom is -0.495 e. The lowest BCUT2D eigenvalue weighted by Crippen LogP contribution is -2.50. The molecule has 2 N–H and O–H groups in total. The zero-order valence-electron chi connectivity index (χ0n) is 21.2. The summed E-state index contributed by atoms with van der Waals surface area (Å²) in [7, 11) is 1.67. The Hall–Kier alpha value is -4.21. The van der Waals surface area contributed by atoms with Gasteiger partial charge >= 0.3 is 0 Å². The van der Waals surface area contributed by atoms with E-state index in [0.717, 1.165) is 42.5 Å². The number of aliphatic hydroxyl groups is 1. The lowest BCUT2D eigenvalue weighted by Gasteiger charge is -2.37. The number of nitrogens with one attached hydrogen (secondary N) is 1. The fourth-order valence-corrected chi connectivity index (χ4v) is 4.93. The fourth-order valence-electron chi connectivity index (χ4n) is 4.93. The van der Waals surface area contributed by atoms with Crippen LogP contribution in [0.1, 0.15) is 31.1 Å². The molecule has 1 unspecified atom stereocenters. The monoisotopic (exact) mass is 514 g/mol.